The van der Waals surface area contributed by atoms with E-state index < -0.39 is 104 Å². The molecular formula is C63H57NO15. The average molecular weight is 1070 g/mol. The number of benzene rings is 7. The van der Waals surface area contributed by atoms with Gasteiger partial charge in [0, 0.05) is 7.11 Å². The minimum atomic E-state index is -1.75. The highest BCUT2D eigenvalue weighted by atomic mass is 16.7. The topological polar surface area (TPSA) is 181 Å². The molecule has 3 heterocycles. The molecule has 79 heavy (non-hydrogen) atoms. The molecule has 2 saturated heterocycles. The van der Waals surface area contributed by atoms with Crippen molar-refractivity contribution >= 4 is 29.7 Å². The number of esters is 3. The zero-order valence-electron chi connectivity index (χ0n) is 43.0. The van der Waals surface area contributed by atoms with Gasteiger partial charge in [-0.15, -0.1) is 0 Å². The van der Waals surface area contributed by atoms with Crippen LogP contribution in [0.15, 0.2) is 206 Å². The summed E-state index contributed by atoms with van der Waals surface area (Å²) in [6.07, 6.45) is -11.5. The number of fused-ring (bicyclic) bond motifs is 1. The first-order valence-corrected chi connectivity index (χ1v) is 25.9. The van der Waals surface area contributed by atoms with Gasteiger partial charge < -0.3 is 47.4 Å². The van der Waals surface area contributed by atoms with E-state index in [1.807, 2.05) is 91.0 Å². The molecule has 10 rings (SSSR count). The highest BCUT2D eigenvalue weighted by Gasteiger charge is 2.58. The van der Waals surface area contributed by atoms with E-state index in [1.165, 1.54) is 43.5 Å². The van der Waals surface area contributed by atoms with Gasteiger partial charge in [0.15, 0.2) is 24.8 Å². The lowest BCUT2D eigenvalue weighted by Gasteiger charge is -2.48. The third-order valence-electron chi connectivity index (χ3n) is 13.7. The molecule has 0 aromatic heterocycles. The van der Waals surface area contributed by atoms with Crippen LogP contribution in [0.25, 0.3) is 0 Å². The number of carbonyl (C=O) groups excluding carboxylic acids is 5. The van der Waals surface area contributed by atoms with Crippen LogP contribution in [0.4, 0.5) is 0 Å². The Labute approximate surface area is 456 Å². The second kappa shape index (κ2) is 26.0. The van der Waals surface area contributed by atoms with Crippen molar-refractivity contribution in [3.05, 3.63) is 251 Å². The van der Waals surface area contributed by atoms with Crippen molar-refractivity contribution in [2.24, 2.45) is 0 Å². The summed E-state index contributed by atoms with van der Waals surface area (Å²) in [6, 6.07) is 57.5. The molecule has 0 aliphatic carbocycles. The van der Waals surface area contributed by atoms with E-state index in [1.54, 1.807) is 78.9 Å². The summed E-state index contributed by atoms with van der Waals surface area (Å²) in [5, 5.41) is 0. The molecule has 404 valence electrons. The number of ether oxygens (including phenoxy) is 10. The Bertz CT molecular complexity index is 3100. The van der Waals surface area contributed by atoms with Gasteiger partial charge in [-0.1, -0.05) is 158 Å². The summed E-state index contributed by atoms with van der Waals surface area (Å²) in [6.45, 7) is -0.610. The molecule has 7 aromatic carbocycles. The number of amides is 2. The van der Waals surface area contributed by atoms with Crippen molar-refractivity contribution in [2.45, 2.75) is 81.2 Å². The van der Waals surface area contributed by atoms with Gasteiger partial charge in [0.1, 0.15) is 43.2 Å². The fraction of sp³-hybridized carbons (Fsp3) is 0.254. The van der Waals surface area contributed by atoms with Crippen LogP contribution >= 0.6 is 0 Å². The number of rotatable bonds is 21. The van der Waals surface area contributed by atoms with Crippen LogP contribution in [-0.4, -0.2) is 116 Å². The SMILES string of the molecule is CO[C@H]1O[C@H](CO[C@@H]2O[C@H](COC(=O)c3ccccc3)[C@@H](OC(=O)c3ccccc3)[C@H](OC(=O)c3ccccc3)[C@H]2N2C(=O)c3ccccc3C2=O)[C@@H](OCc2ccccc2)[C@H](OCc2ccccc2)[C@H]1OCc1ccccc1. The fourth-order valence-electron chi connectivity index (χ4n) is 9.80. The second-order valence-corrected chi connectivity index (χ2v) is 18.9. The standard InChI is InChI=1S/C63H57NO15/c1-70-63-56(73-38-43-26-12-4-13-27-43)55(72-37-42-24-10-3-11-25-42)52(71-36-41-22-8-2-9-23-41)49(77-63)40-75-62-51(64-57(65)47-34-20-21-35-48(47)58(64)66)54(79-61(69)46-32-18-7-19-33-46)53(78-60(68)45-30-16-6-17-31-45)50(76-62)39-74-59(67)44-28-14-5-15-29-44/h2-35,49-56,62-63H,36-40H2,1H3/t49-,50-,51-,52-,53-,54-,55+,56-,62-,63+/m1/s1. The number of carbonyl (C=O) groups is 5. The van der Waals surface area contributed by atoms with Crippen LogP contribution < -0.4 is 0 Å². The lowest BCUT2D eigenvalue weighted by molar-refractivity contribution is -0.336. The van der Waals surface area contributed by atoms with E-state index in [4.69, 9.17) is 47.4 Å². The maximum absolute atomic E-state index is 14.8. The molecule has 2 amide bonds. The molecule has 10 atom stereocenters. The van der Waals surface area contributed by atoms with Gasteiger partial charge in [0.25, 0.3) is 11.8 Å². The predicted molar refractivity (Wildman–Crippen MR) is 284 cm³/mol. The molecular weight excluding hydrogens is 1010 g/mol. The highest BCUT2D eigenvalue weighted by molar-refractivity contribution is 6.21. The minimum absolute atomic E-state index is 0.0593. The van der Waals surface area contributed by atoms with Crippen molar-refractivity contribution in [3.63, 3.8) is 0 Å². The Morgan fingerprint density at radius 2 is 0.785 bits per heavy atom. The maximum atomic E-state index is 14.8. The largest absolute Gasteiger partial charge is 0.459 e. The third kappa shape index (κ3) is 12.9. The van der Waals surface area contributed by atoms with Crippen molar-refractivity contribution in [1.82, 2.24) is 4.90 Å². The summed E-state index contributed by atoms with van der Waals surface area (Å²) < 4.78 is 65.5. The molecule has 0 N–H and O–H groups in total. The lowest BCUT2D eigenvalue weighted by atomic mass is 9.94. The molecule has 16 nitrogen and oxygen atoms in total. The van der Waals surface area contributed by atoms with Crippen LogP contribution in [-0.2, 0) is 67.2 Å². The van der Waals surface area contributed by atoms with Crippen LogP contribution in [0.5, 0.6) is 0 Å². The second-order valence-electron chi connectivity index (χ2n) is 18.9. The summed E-state index contributed by atoms with van der Waals surface area (Å²) in [5.74, 6) is -4.06. The molecule has 0 bridgehead atoms. The maximum Gasteiger partial charge on any atom is 0.338 e. The summed E-state index contributed by atoms with van der Waals surface area (Å²) >= 11 is 0. The van der Waals surface area contributed by atoms with E-state index >= 15 is 0 Å². The third-order valence-corrected chi connectivity index (χ3v) is 13.7. The van der Waals surface area contributed by atoms with Gasteiger partial charge in [-0.25, -0.2) is 14.4 Å². The number of methoxy groups -OCH3 is 1. The van der Waals surface area contributed by atoms with Gasteiger partial charge >= 0.3 is 17.9 Å². The molecule has 0 spiro atoms. The van der Waals surface area contributed by atoms with Gasteiger partial charge in [-0.2, -0.15) is 0 Å². The van der Waals surface area contributed by atoms with Crippen LogP contribution in [0.2, 0.25) is 0 Å². The zero-order chi connectivity index (χ0) is 54.5. The first-order valence-electron chi connectivity index (χ1n) is 25.9. The molecule has 2 fully saturated rings. The normalized spacial score (nSPS) is 23.6. The van der Waals surface area contributed by atoms with Gasteiger partial charge in [0.05, 0.1) is 54.2 Å². The van der Waals surface area contributed by atoms with E-state index in [2.05, 4.69) is 0 Å². The van der Waals surface area contributed by atoms with Crippen LogP contribution in [0.1, 0.15) is 68.5 Å². The number of imide groups is 1. The van der Waals surface area contributed by atoms with Crippen molar-refractivity contribution in [1.29, 1.82) is 0 Å². The van der Waals surface area contributed by atoms with Crippen molar-refractivity contribution in [3.8, 4) is 0 Å². The molecule has 16 heteroatoms. The molecule has 3 aliphatic heterocycles. The Kier molecular flexibility index (Phi) is 17.8. The zero-order valence-corrected chi connectivity index (χ0v) is 43.0. The van der Waals surface area contributed by atoms with E-state index in [-0.39, 0.29) is 47.6 Å². The van der Waals surface area contributed by atoms with Crippen molar-refractivity contribution in [2.75, 3.05) is 20.3 Å². The van der Waals surface area contributed by atoms with Gasteiger partial charge in [0.2, 0.25) is 0 Å². The predicted octanol–water partition coefficient (Wildman–Crippen LogP) is 8.83. The van der Waals surface area contributed by atoms with Crippen LogP contribution in [0.3, 0.4) is 0 Å². The van der Waals surface area contributed by atoms with E-state index in [0.717, 1.165) is 21.6 Å². The van der Waals surface area contributed by atoms with Gasteiger partial charge in [-0.05, 0) is 65.2 Å². The number of nitrogens with zero attached hydrogens (tertiary/aromatic N) is 1. The molecule has 7 aromatic rings. The van der Waals surface area contributed by atoms with Crippen molar-refractivity contribution < 1.29 is 71.3 Å². The lowest BCUT2D eigenvalue weighted by Crippen LogP contribution is -2.68. The Morgan fingerprint density at radius 1 is 0.405 bits per heavy atom. The fourth-order valence-corrected chi connectivity index (χ4v) is 9.80. The molecule has 0 radical (unpaired) electrons. The first-order chi connectivity index (χ1) is 38.7. The Morgan fingerprint density at radius 3 is 1.25 bits per heavy atom. The highest BCUT2D eigenvalue weighted by Crippen LogP contribution is 2.38. The summed E-state index contributed by atoms with van der Waals surface area (Å²) in [4.78, 5) is 73.1. The Hall–Kier alpha value is -8.19. The number of hydrogen-bond acceptors (Lipinski definition) is 15. The number of hydrogen-bond donors (Lipinski definition) is 0. The summed E-state index contributed by atoms with van der Waals surface area (Å²) in [5.41, 5.74) is 3.14. The van der Waals surface area contributed by atoms with Crippen LogP contribution in [0, 0.1) is 0 Å². The Balaban J connectivity index is 1.06. The molecule has 3 aliphatic rings. The summed E-state index contributed by atoms with van der Waals surface area (Å²) in [7, 11) is 1.48. The van der Waals surface area contributed by atoms with E-state index in [0.29, 0.717) is 0 Å². The van der Waals surface area contributed by atoms with E-state index in [9.17, 15) is 24.0 Å². The smallest absolute Gasteiger partial charge is 0.338 e. The molecule has 0 unspecified atom stereocenters. The van der Waals surface area contributed by atoms with Gasteiger partial charge in [-0.3, -0.25) is 14.5 Å². The first kappa shape index (κ1) is 54.2. The minimum Gasteiger partial charge on any atom is -0.459 e. The average Bonchev–Trinajstić information content (AvgIpc) is 3.90. The monoisotopic (exact) mass is 1070 g/mol. The quantitative estimate of drug-likeness (QED) is 0.0378. The molecule has 0 saturated carbocycles.